The van der Waals surface area contributed by atoms with Gasteiger partial charge in [0.05, 0.1) is 0 Å². The lowest BCUT2D eigenvalue weighted by Crippen LogP contribution is -2.19. The van der Waals surface area contributed by atoms with E-state index in [1.807, 2.05) is 13.0 Å². The molecule has 0 aliphatic carbocycles. The van der Waals surface area contributed by atoms with Crippen molar-refractivity contribution in [1.82, 2.24) is 15.2 Å². The van der Waals surface area contributed by atoms with Crippen LogP contribution in [-0.2, 0) is 6.42 Å². The van der Waals surface area contributed by atoms with E-state index in [1.54, 1.807) is 18.2 Å². The Bertz CT molecular complexity index is 867. The number of hydrogen-bond acceptors (Lipinski definition) is 4. The third-order valence-corrected chi connectivity index (χ3v) is 4.08. The van der Waals surface area contributed by atoms with E-state index in [2.05, 4.69) is 39.7 Å². The van der Waals surface area contributed by atoms with Crippen LogP contribution in [0.15, 0.2) is 28.7 Å². The van der Waals surface area contributed by atoms with E-state index in [4.69, 9.17) is 4.42 Å². The van der Waals surface area contributed by atoms with E-state index < -0.39 is 0 Å². The van der Waals surface area contributed by atoms with Gasteiger partial charge in [-0.25, -0.2) is 9.78 Å². The number of carbonyl (C=O) groups excluding carboxylic acids is 1. The number of aryl methyl sites for hydroxylation is 1. The lowest BCUT2D eigenvalue weighted by molar-refractivity contribution is 0.262. The molecule has 2 heterocycles. The van der Waals surface area contributed by atoms with Gasteiger partial charge in [0.2, 0.25) is 0 Å². The minimum Gasteiger partial charge on any atom is -0.441 e. The molecule has 3 aromatic rings. The molecule has 2 amide bonds. The van der Waals surface area contributed by atoms with E-state index in [1.165, 1.54) is 0 Å². The third kappa shape index (κ3) is 3.99. The molecule has 132 valence electrons. The van der Waals surface area contributed by atoms with Crippen molar-refractivity contribution in [2.75, 3.05) is 10.6 Å². The molecule has 2 aromatic heterocycles. The molecule has 7 heteroatoms. The maximum absolute atomic E-state index is 12.2. The second-order valence-electron chi connectivity index (χ2n) is 6.12. The van der Waals surface area contributed by atoms with Gasteiger partial charge in [-0.3, -0.25) is 10.4 Å². The van der Waals surface area contributed by atoms with Crippen LogP contribution in [0.2, 0.25) is 0 Å². The van der Waals surface area contributed by atoms with E-state index in [-0.39, 0.29) is 6.03 Å². The summed E-state index contributed by atoms with van der Waals surface area (Å²) >= 11 is 0. The fourth-order valence-electron chi connectivity index (χ4n) is 2.72. The van der Waals surface area contributed by atoms with E-state index in [0.717, 1.165) is 30.5 Å². The molecule has 0 radical (unpaired) electrons. The van der Waals surface area contributed by atoms with Gasteiger partial charge in [-0.15, -0.1) is 0 Å². The molecule has 0 fully saturated rings. The first-order chi connectivity index (χ1) is 12.1. The van der Waals surface area contributed by atoms with E-state index in [9.17, 15) is 4.79 Å². The summed E-state index contributed by atoms with van der Waals surface area (Å²) < 4.78 is 5.56. The highest BCUT2D eigenvalue weighted by Crippen LogP contribution is 2.22. The average Bonchev–Trinajstić information content (AvgIpc) is 3.21. The van der Waals surface area contributed by atoms with Crippen molar-refractivity contribution < 1.29 is 9.21 Å². The minimum absolute atomic E-state index is 0.347. The summed E-state index contributed by atoms with van der Waals surface area (Å²) in [6.07, 6.45) is 2.91. The molecule has 7 nitrogen and oxygen atoms in total. The molecule has 0 aliphatic heterocycles. The lowest BCUT2D eigenvalue weighted by Gasteiger charge is -2.06. The van der Waals surface area contributed by atoms with Gasteiger partial charge >= 0.3 is 6.03 Å². The Morgan fingerprint density at radius 3 is 2.88 bits per heavy atom. The summed E-state index contributed by atoms with van der Waals surface area (Å²) in [6.45, 7) is 6.27. The number of fused-ring (bicyclic) bond motifs is 1. The summed E-state index contributed by atoms with van der Waals surface area (Å²) in [6, 6.07) is 6.90. The molecule has 1 atom stereocenters. The molecule has 0 aliphatic rings. The molecule has 1 aromatic carbocycles. The highest BCUT2D eigenvalue weighted by Gasteiger charge is 2.11. The Kier molecular flexibility index (Phi) is 5.02. The zero-order valence-electron chi connectivity index (χ0n) is 14.7. The molecule has 3 N–H and O–H groups in total. The topological polar surface area (TPSA) is 95.8 Å². The van der Waals surface area contributed by atoms with Crippen molar-refractivity contribution in [2.45, 2.75) is 46.0 Å². The second kappa shape index (κ2) is 7.38. The highest BCUT2D eigenvalue weighted by atomic mass is 16.3. The number of aromatic nitrogens is 3. The van der Waals surface area contributed by atoms with Gasteiger partial charge in [0.15, 0.2) is 17.3 Å². The Hall–Kier alpha value is -2.83. The van der Waals surface area contributed by atoms with Gasteiger partial charge in [0, 0.05) is 23.9 Å². The van der Waals surface area contributed by atoms with Crippen LogP contribution in [0.25, 0.3) is 11.1 Å². The Morgan fingerprint density at radius 2 is 2.12 bits per heavy atom. The van der Waals surface area contributed by atoms with Gasteiger partial charge in [0.1, 0.15) is 5.52 Å². The van der Waals surface area contributed by atoms with Gasteiger partial charge < -0.3 is 9.73 Å². The predicted molar refractivity (Wildman–Crippen MR) is 97.9 cm³/mol. The average molecular weight is 341 g/mol. The van der Waals surface area contributed by atoms with Crippen molar-refractivity contribution in [2.24, 2.45) is 0 Å². The molecule has 1 unspecified atom stereocenters. The first kappa shape index (κ1) is 17.0. The number of oxazole rings is 1. The molecule has 0 saturated carbocycles. The third-order valence-electron chi connectivity index (χ3n) is 4.08. The quantitative estimate of drug-likeness (QED) is 0.607. The van der Waals surface area contributed by atoms with Crippen LogP contribution in [0.1, 0.15) is 51.1 Å². The van der Waals surface area contributed by atoms with Gasteiger partial charge in [-0.2, -0.15) is 5.10 Å². The molecule has 0 spiro atoms. The van der Waals surface area contributed by atoms with Crippen LogP contribution in [0.5, 0.6) is 0 Å². The van der Waals surface area contributed by atoms with Gasteiger partial charge in [-0.1, -0.05) is 27.2 Å². The lowest BCUT2D eigenvalue weighted by atomic mass is 10.0. The second-order valence-corrected chi connectivity index (χ2v) is 6.12. The van der Waals surface area contributed by atoms with Gasteiger partial charge in [-0.05, 0) is 30.5 Å². The van der Waals surface area contributed by atoms with Crippen molar-refractivity contribution in [3.63, 3.8) is 0 Å². The number of urea groups is 1. The largest absolute Gasteiger partial charge is 0.441 e. The maximum Gasteiger partial charge on any atom is 0.324 e. The fourth-order valence-corrected chi connectivity index (χ4v) is 2.72. The van der Waals surface area contributed by atoms with Crippen LogP contribution < -0.4 is 10.6 Å². The number of rotatable bonds is 6. The minimum atomic E-state index is -0.347. The first-order valence-corrected chi connectivity index (χ1v) is 8.61. The smallest absolute Gasteiger partial charge is 0.324 e. The van der Waals surface area contributed by atoms with Crippen molar-refractivity contribution in [1.29, 1.82) is 0 Å². The van der Waals surface area contributed by atoms with Crippen LogP contribution in [-0.4, -0.2) is 21.2 Å². The number of nitrogens with one attached hydrogen (secondary N) is 3. The number of carbonyl (C=O) groups is 1. The molecule has 0 saturated heterocycles. The number of amides is 2. The Balaban J connectivity index is 1.64. The standard InChI is InChI=1S/C18H23N5O2/c1-4-6-11(3)13-10-16(23-22-13)21-18(24)19-12-7-8-15-14(9-12)20-17(5-2)25-15/h7-11H,4-6H2,1-3H3,(H3,19,21,22,23,24). The van der Waals surface area contributed by atoms with Crippen molar-refractivity contribution in [3.05, 3.63) is 35.9 Å². The SMILES string of the molecule is CCCC(C)c1cc(NC(=O)Nc2ccc3oc(CC)nc3c2)n[nH]1. The molecular formula is C18H23N5O2. The van der Waals surface area contributed by atoms with Crippen LogP contribution >= 0.6 is 0 Å². The number of anilines is 2. The normalized spacial score (nSPS) is 12.3. The highest BCUT2D eigenvalue weighted by molar-refractivity contribution is 6.00. The summed E-state index contributed by atoms with van der Waals surface area (Å²) in [4.78, 5) is 16.5. The number of aromatic amines is 1. The van der Waals surface area contributed by atoms with Crippen LogP contribution in [0, 0.1) is 0 Å². The zero-order chi connectivity index (χ0) is 17.8. The number of nitrogens with zero attached hydrogens (tertiary/aromatic N) is 2. The Labute approximate surface area is 146 Å². The van der Waals surface area contributed by atoms with Gasteiger partial charge in [0.25, 0.3) is 0 Å². The molecule has 0 bridgehead atoms. The first-order valence-electron chi connectivity index (χ1n) is 8.61. The van der Waals surface area contributed by atoms with Crippen LogP contribution in [0.4, 0.5) is 16.3 Å². The number of H-pyrrole nitrogens is 1. The van der Waals surface area contributed by atoms with Crippen molar-refractivity contribution in [3.8, 4) is 0 Å². The molecule has 25 heavy (non-hydrogen) atoms. The summed E-state index contributed by atoms with van der Waals surface area (Å²) in [5.74, 6) is 1.58. The summed E-state index contributed by atoms with van der Waals surface area (Å²) in [5.41, 5.74) is 3.11. The maximum atomic E-state index is 12.2. The molecular weight excluding hydrogens is 318 g/mol. The fraction of sp³-hybridized carbons (Fsp3) is 0.389. The summed E-state index contributed by atoms with van der Waals surface area (Å²) in [7, 11) is 0. The number of benzene rings is 1. The predicted octanol–water partition coefficient (Wildman–Crippen LogP) is 4.66. The number of hydrogen-bond donors (Lipinski definition) is 3. The Morgan fingerprint density at radius 1 is 1.28 bits per heavy atom. The summed E-state index contributed by atoms with van der Waals surface area (Å²) in [5, 5.41) is 12.6. The molecule has 3 rings (SSSR count). The van der Waals surface area contributed by atoms with E-state index in [0.29, 0.717) is 28.9 Å². The van der Waals surface area contributed by atoms with E-state index >= 15 is 0 Å². The van der Waals surface area contributed by atoms with Crippen molar-refractivity contribution >= 4 is 28.6 Å². The zero-order valence-corrected chi connectivity index (χ0v) is 14.7. The monoisotopic (exact) mass is 341 g/mol. The van der Waals surface area contributed by atoms with Crippen LogP contribution in [0.3, 0.4) is 0 Å².